The van der Waals surface area contributed by atoms with Gasteiger partial charge in [-0.3, -0.25) is 0 Å². The van der Waals surface area contributed by atoms with Gasteiger partial charge in [0, 0.05) is 7.05 Å². The number of nitrogens with zero attached hydrogens (tertiary/aromatic N) is 1. The first-order valence-electron chi connectivity index (χ1n) is 3.61. The Kier molecular flexibility index (Phi) is 2.72. The van der Waals surface area contributed by atoms with Gasteiger partial charge in [-0.25, -0.2) is 8.42 Å². The van der Waals surface area contributed by atoms with Crippen molar-refractivity contribution < 1.29 is 18.3 Å². The zero-order valence-corrected chi connectivity index (χ0v) is 7.91. The number of aliphatic hydroxyl groups is 1. The maximum atomic E-state index is 11.0. The lowest BCUT2D eigenvalue weighted by molar-refractivity contribution is 0.115. The number of likely N-dealkylation sites (N-methyl/N-ethyl adjacent to an activating group) is 1. The van der Waals surface area contributed by atoms with Crippen molar-refractivity contribution in [3.63, 3.8) is 0 Å². The maximum Gasteiger partial charge on any atom is 0.211 e. The Balaban J connectivity index is 2.70. The second-order valence-corrected chi connectivity index (χ2v) is 4.99. The maximum absolute atomic E-state index is 11.0. The number of rotatable bonds is 2. The number of hydrogen-bond donors (Lipinski definition) is 1. The Morgan fingerprint density at radius 1 is 1.50 bits per heavy atom. The highest BCUT2D eigenvalue weighted by atomic mass is 32.2. The minimum Gasteiger partial charge on any atom is -0.389 e. The summed E-state index contributed by atoms with van der Waals surface area (Å²) in [4.78, 5) is 0. The molecule has 1 N–H and O–H groups in total. The Morgan fingerprint density at radius 2 is 2.08 bits per heavy atom. The van der Waals surface area contributed by atoms with Gasteiger partial charge in [-0.15, -0.1) is 0 Å². The second kappa shape index (κ2) is 3.29. The van der Waals surface area contributed by atoms with Crippen LogP contribution in [-0.2, 0) is 14.8 Å². The molecule has 6 heteroatoms. The normalized spacial score (nSPS) is 31.3. The molecule has 0 aliphatic carbocycles. The smallest absolute Gasteiger partial charge is 0.211 e. The zero-order chi connectivity index (χ0) is 9.35. The van der Waals surface area contributed by atoms with E-state index in [1.54, 1.807) is 0 Å². The number of ether oxygens (including phenoxy) is 1. The van der Waals surface area contributed by atoms with Gasteiger partial charge in [0.1, 0.15) is 0 Å². The van der Waals surface area contributed by atoms with Crippen molar-refractivity contribution in [1.29, 1.82) is 0 Å². The molecule has 2 unspecified atom stereocenters. The minimum absolute atomic E-state index is 0.213. The first kappa shape index (κ1) is 9.91. The largest absolute Gasteiger partial charge is 0.389 e. The summed E-state index contributed by atoms with van der Waals surface area (Å²) in [6.07, 6.45) is 0.405. The van der Waals surface area contributed by atoms with E-state index in [1.165, 1.54) is 7.05 Å². The molecule has 0 amide bonds. The molecule has 1 heterocycles. The van der Waals surface area contributed by atoms with Crippen LogP contribution in [0.25, 0.3) is 0 Å². The van der Waals surface area contributed by atoms with Gasteiger partial charge in [-0.1, -0.05) is 0 Å². The van der Waals surface area contributed by atoms with Crippen LogP contribution < -0.4 is 0 Å². The van der Waals surface area contributed by atoms with Crippen LogP contribution in [0.15, 0.2) is 0 Å². The predicted molar refractivity (Wildman–Crippen MR) is 43.2 cm³/mol. The summed E-state index contributed by atoms with van der Waals surface area (Å²) < 4.78 is 28.1. The summed E-state index contributed by atoms with van der Waals surface area (Å²) in [6, 6.07) is -0.431. The summed E-state index contributed by atoms with van der Waals surface area (Å²) >= 11 is 0. The number of aliphatic hydroxyl groups excluding tert-OH is 1. The highest BCUT2D eigenvalue weighted by Gasteiger charge is 2.33. The van der Waals surface area contributed by atoms with Crippen molar-refractivity contribution in [3.05, 3.63) is 0 Å². The van der Waals surface area contributed by atoms with Crippen LogP contribution in [0.5, 0.6) is 0 Å². The first-order valence-corrected chi connectivity index (χ1v) is 5.46. The third-order valence-electron chi connectivity index (χ3n) is 2.01. The molecule has 0 aromatic carbocycles. The third kappa shape index (κ3) is 1.95. The molecule has 0 bridgehead atoms. The average molecular weight is 195 g/mol. The monoisotopic (exact) mass is 195 g/mol. The van der Waals surface area contributed by atoms with Gasteiger partial charge in [0.25, 0.3) is 0 Å². The van der Waals surface area contributed by atoms with E-state index >= 15 is 0 Å². The zero-order valence-electron chi connectivity index (χ0n) is 7.10. The summed E-state index contributed by atoms with van der Waals surface area (Å²) in [5, 5.41) is 9.29. The van der Waals surface area contributed by atoms with Crippen LogP contribution in [0.4, 0.5) is 0 Å². The molecule has 0 aromatic heterocycles. The van der Waals surface area contributed by atoms with Gasteiger partial charge < -0.3 is 9.84 Å². The van der Waals surface area contributed by atoms with Crippen molar-refractivity contribution in [2.45, 2.75) is 12.1 Å². The lowest BCUT2D eigenvalue weighted by atomic mass is 10.2. The van der Waals surface area contributed by atoms with Gasteiger partial charge in [0.15, 0.2) is 0 Å². The fourth-order valence-corrected chi connectivity index (χ4v) is 1.82. The van der Waals surface area contributed by atoms with Gasteiger partial charge in [-0.05, 0) is 0 Å². The standard InChI is InChI=1S/C6H13NO4S/c1-7(12(2,9)10)5-3-11-4-6(5)8/h5-6,8H,3-4H2,1-2H3. The van der Waals surface area contributed by atoms with E-state index in [4.69, 9.17) is 4.74 Å². The molecule has 2 atom stereocenters. The molecular formula is C6H13NO4S. The average Bonchev–Trinajstić information content (AvgIpc) is 2.31. The Hall–Kier alpha value is -0.170. The molecule has 0 aromatic rings. The van der Waals surface area contributed by atoms with Crippen molar-refractivity contribution in [2.24, 2.45) is 0 Å². The Morgan fingerprint density at radius 3 is 2.42 bits per heavy atom. The van der Waals surface area contributed by atoms with E-state index in [1.807, 2.05) is 0 Å². The molecule has 1 aliphatic heterocycles. The fourth-order valence-electron chi connectivity index (χ4n) is 1.12. The van der Waals surface area contributed by atoms with E-state index < -0.39 is 22.2 Å². The van der Waals surface area contributed by atoms with Crippen LogP contribution in [0.1, 0.15) is 0 Å². The number of hydrogen-bond acceptors (Lipinski definition) is 4. The van der Waals surface area contributed by atoms with Gasteiger partial charge in [0.05, 0.1) is 31.6 Å². The second-order valence-electron chi connectivity index (χ2n) is 2.95. The molecular weight excluding hydrogens is 182 g/mol. The van der Waals surface area contributed by atoms with E-state index in [0.29, 0.717) is 0 Å². The van der Waals surface area contributed by atoms with E-state index in [2.05, 4.69) is 0 Å². The van der Waals surface area contributed by atoms with Gasteiger partial charge in [-0.2, -0.15) is 4.31 Å². The van der Waals surface area contributed by atoms with Crippen molar-refractivity contribution in [3.8, 4) is 0 Å². The molecule has 72 valence electrons. The van der Waals surface area contributed by atoms with E-state index in [9.17, 15) is 13.5 Å². The van der Waals surface area contributed by atoms with Crippen LogP contribution >= 0.6 is 0 Å². The van der Waals surface area contributed by atoms with E-state index in [0.717, 1.165) is 10.6 Å². The Bertz CT molecular complexity index is 250. The predicted octanol–water partition coefficient (Wildman–Crippen LogP) is -1.36. The SMILES string of the molecule is CN(C1COCC1O)S(C)(=O)=O. The lowest BCUT2D eigenvalue weighted by Gasteiger charge is -2.22. The van der Waals surface area contributed by atoms with Gasteiger partial charge >= 0.3 is 0 Å². The third-order valence-corrected chi connectivity index (χ3v) is 3.33. The van der Waals surface area contributed by atoms with Crippen LogP contribution in [0.2, 0.25) is 0 Å². The molecule has 1 aliphatic rings. The van der Waals surface area contributed by atoms with Crippen LogP contribution in [-0.4, -0.2) is 56.5 Å². The van der Waals surface area contributed by atoms with Gasteiger partial charge in [0.2, 0.25) is 10.0 Å². The lowest BCUT2D eigenvalue weighted by Crippen LogP contribution is -2.43. The van der Waals surface area contributed by atoms with Crippen LogP contribution in [0, 0.1) is 0 Å². The summed E-state index contributed by atoms with van der Waals surface area (Å²) in [5.74, 6) is 0. The fraction of sp³-hybridized carbons (Fsp3) is 1.00. The quantitative estimate of drug-likeness (QED) is 0.591. The van der Waals surface area contributed by atoms with Crippen LogP contribution in [0.3, 0.4) is 0 Å². The Labute approximate surface area is 72.0 Å². The summed E-state index contributed by atoms with van der Waals surface area (Å²) in [5.41, 5.74) is 0. The molecule has 0 spiro atoms. The number of sulfonamides is 1. The topological polar surface area (TPSA) is 66.8 Å². The molecule has 5 nitrogen and oxygen atoms in total. The van der Waals surface area contributed by atoms with Crippen molar-refractivity contribution in [1.82, 2.24) is 4.31 Å². The first-order chi connectivity index (χ1) is 5.43. The molecule has 1 saturated heterocycles. The van der Waals surface area contributed by atoms with Crippen molar-refractivity contribution in [2.75, 3.05) is 26.5 Å². The molecule has 0 saturated carbocycles. The molecule has 0 radical (unpaired) electrons. The van der Waals surface area contributed by atoms with E-state index in [-0.39, 0.29) is 13.2 Å². The molecule has 1 rings (SSSR count). The molecule has 12 heavy (non-hydrogen) atoms. The summed E-state index contributed by atoms with van der Waals surface area (Å²) in [6.45, 7) is 0.481. The highest BCUT2D eigenvalue weighted by molar-refractivity contribution is 7.88. The highest BCUT2D eigenvalue weighted by Crippen LogP contribution is 2.13. The molecule has 1 fully saturated rings. The van der Waals surface area contributed by atoms with Crippen molar-refractivity contribution >= 4 is 10.0 Å². The minimum atomic E-state index is -3.23. The summed E-state index contributed by atoms with van der Waals surface area (Å²) in [7, 11) is -1.78.